The highest BCUT2D eigenvalue weighted by molar-refractivity contribution is 8.02. The lowest BCUT2D eigenvalue weighted by molar-refractivity contribution is -0.146. The highest BCUT2D eigenvalue weighted by Crippen LogP contribution is 2.42. The summed E-state index contributed by atoms with van der Waals surface area (Å²) in [5.41, 5.74) is 2.22. The predicted octanol–water partition coefficient (Wildman–Crippen LogP) is 4.13. The fourth-order valence-electron chi connectivity index (χ4n) is 4.25. The molecule has 0 bridgehead atoms. The molecule has 1 fully saturated rings. The molecule has 13 heteroatoms. The molecule has 0 aliphatic carbocycles. The molecule has 0 N–H and O–H groups in total. The number of carbonyl (C=O) groups is 2. The summed E-state index contributed by atoms with van der Waals surface area (Å²) in [6, 6.07) is 19.3. The van der Waals surface area contributed by atoms with Gasteiger partial charge in [0.25, 0.3) is 5.91 Å². The first kappa shape index (κ1) is 26.8. The van der Waals surface area contributed by atoms with Crippen molar-refractivity contribution in [1.29, 1.82) is 0 Å². The third kappa shape index (κ3) is 5.35. The van der Waals surface area contributed by atoms with Gasteiger partial charge in [0.2, 0.25) is 5.16 Å². The molecular formula is C25H23ClN6O3S3. The second-order valence-electron chi connectivity index (χ2n) is 8.38. The van der Waals surface area contributed by atoms with E-state index in [-0.39, 0.29) is 17.0 Å². The first-order valence-corrected chi connectivity index (χ1v) is 15.2. The van der Waals surface area contributed by atoms with Crippen LogP contribution in [0.4, 0.5) is 0 Å². The van der Waals surface area contributed by atoms with Crippen LogP contribution in [0.25, 0.3) is 0 Å². The minimum absolute atomic E-state index is 0.215. The molecule has 5 rings (SSSR count). The number of fused-ring (bicyclic) bond motifs is 1. The Balaban J connectivity index is 1.45. The second-order valence-corrected chi connectivity index (χ2v) is 11.4. The van der Waals surface area contributed by atoms with E-state index in [4.69, 9.17) is 16.3 Å². The van der Waals surface area contributed by atoms with E-state index in [9.17, 15) is 9.59 Å². The first-order valence-electron chi connectivity index (χ1n) is 11.6. The van der Waals surface area contributed by atoms with Crippen LogP contribution in [0.1, 0.15) is 17.0 Å². The minimum atomic E-state index is -1.01. The van der Waals surface area contributed by atoms with Crippen LogP contribution in [0.3, 0.4) is 0 Å². The number of hydrogen-bond donors (Lipinski definition) is 0. The average Bonchev–Trinajstić information content (AvgIpc) is 3.35. The Morgan fingerprint density at radius 3 is 2.42 bits per heavy atom. The van der Waals surface area contributed by atoms with E-state index in [1.54, 1.807) is 29.7 Å². The number of carbonyl (C=O) groups excluding carboxylic acids is 2. The van der Waals surface area contributed by atoms with Gasteiger partial charge in [-0.2, -0.15) is 0 Å². The number of hydrogen-bond acceptors (Lipinski definition) is 10. The molecule has 3 heterocycles. The van der Waals surface area contributed by atoms with E-state index < -0.39 is 17.5 Å². The number of tetrazole rings is 1. The van der Waals surface area contributed by atoms with Crippen LogP contribution < -0.4 is 0 Å². The van der Waals surface area contributed by atoms with E-state index in [0.717, 1.165) is 16.7 Å². The SMILES string of the molecule is CS/N=C1\C(=O)N2C(C(=O)OC(Cl)C(c3ccccc3)c3ccccc3)=C(CSc3nnnn3C)CSC12. The van der Waals surface area contributed by atoms with Gasteiger partial charge in [-0.15, -0.1) is 16.9 Å². The Morgan fingerprint density at radius 2 is 1.84 bits per heavy atom. The van der Waals surface area contributed by atoms with Crippen molar-refractivity contribution in [3.63, 3.8) is 0 Å². The molecule has 0 radical (unpaired) electrons. The summed E-state index contributed by atoms with van der Waals surface area (Å²) >= 11 is 11.0. The van der Waals surface area contributed by atoms with E-state index in [2.05, 4.69) is 19.9 Å². The zero-order valence-corrected chi connectivity index (χ0v) is 23.6. The molecule has 2 unspecified atom stereocenters. The molecule has 0 spiro atoms. The monoisotopic (exact) mass is 586 g/mol. The molecule has 38 heavy (non-hydrogen) atoms. The number of ether oxygens (including phenoxy) is 1. The molecule has 2 atom stereocenters. The van der Waals surface area contributed by atoms with Gasteiger partial charge in [-0.25, -0.2) is 13.9 Å². The Bertz CT molecular complexity index is 1350. The van der Waals surface area contributed by atoms with Gasteiger partial charge in [-0.3, -0.25) is 9.69 Å². The Kier molecular flexibility index (Phi) is 8.42. The van der Waals surface area contributed by atoms with Gasteiger partial charge in [0, 0.05) is 24.8 Å². The molecule has 3 aromatic rings. The van der Waals surface area contributed by atoms with Crippen molar-refractivity contribution in [3.8, 4) is 0 Å². The third-order valence-corrected chi connectivity index (χ3v) is 9.12. The number of alkyl halides is 1. The maximum Gasteiger partial charge on any atom is 0.356 e. The number of rotatable bonds is 9. The summed E-state index contributed by atoms with van der Waals surface area (Å²) in [5.74, 6) is -0.417. The second kappa shape index (κ2) is 11.9. The number of aryl methyl sites for hydroxylation is 1. The normalized spacial score (nSPS) is 18.9. The van der Waals surface area contributed by atoms with Crippen molar-refractivity contribution in [1.82, 2.24) is 25.1 Å². The lowest BCUT2D eigenvalue weighted by Gasteiger charge is -2.45. The lowest BCUT2D eigenvalue weighted by Crippen LogP contribution is -2.62. The van der Waals surface area contributed by atoms with Crippen molar-refractivity contribution < 1.29 is 14.3 Å². The number of nitrogens with zero attached hydrogens (tertiary/aromatic N) is 6. The zero-order valence-electron chi connectivity index (χ0n) is 20.4. The van der Waals surface area contributed by atoms with Crippen LogP contribution in [0, 0.1) is 0 Å². The maximum atomic E-state index is 13.7. The molecular weight excluding hydrogens is 564 g/mol. The highest BCUT2D eigenvalue weighted by atomic mass is 35.5. The number of β-lactam (4-membered cyclic amide) rings is 1. The topological polar surface area (TPSA) is 103 Å². The van der Waals surface area contributed by atoms with Gasteiger partial charge < -0.3 is 4.74 Å². The minimum Gasteiger partial charge on any atom is -0.440 e. The van der Waals surface area contributed by atoms with E-state index in [0.29, 0.717) is 22.4 Å². The summed E-state index contributed by atoms with van der Waals surface area (Å²) in [6.45, 7) is 0. The molecule has 0 saturated carbocycles. The molecule has 1 saturated heterocycles. The van der Waals surface area contributed by atoms with Crippen molar-refractivity contribution in [3.05, 3.63) is 83.1 Å². The molecule has 196 valence electrons. The number of aromatic nitrogens is 4. The molecule has 2 aliphatic rings. The average molecular weight is 587 g/mol. The van der Waals surface area contributed by atoms with Crippen molar-refractivity contribution in [2.45, 2.75) is 22.0 Å². The lowest BCUT2D eigenvalue weighted by atomic mass is 9.92. The molecule has 2 aliphatic heterocycles. The van der Waals surface area contributed by atoms with Crippen LogP contribution >= 0.6 is 47.1 Å². The first-order chi connectivity index (χ1) is 18.5. The summed E-state index contributed by atoms with van der Waals surface area (Å²) < 4.78 is 11.7. The summed E-state index contributed by atoms with van der Waals surface area (Å²) in [5, 5.41) is 11.8. The van der Waals surface area contributed by atoms with Gasteiger partial charge in [-0.05, 0) is 39.1 Å². The van der Waals surface area contributed by atoms with Crippen LogP contribution in [0.2, 0.25) is 0 Å². The van der Waals surface area contributed by atoms with Gasteiger partial charge in [0.15, 0.2) is 5.56 Å². The number of amides is 1. The van der Waals surface area contributed by atoms with Crippen molar-refractivity contribution in [2.24, 2.45) is 11.4 Å². The zero-order chi connectivity index (χ0) is 26.6. The summed E-state index contributed by atoms with van der Waals surface area (Å²) in [4.78, 5) is 28.3. The number of halogens is 1. The fourth-order valence-corrected chi connectivity index (χ4v) is 7.32. The van der Waals surface area contributed by atoms with Gasteiger partial charge >= 0.3 is 5.97 Å². The van der Waals surface area contributed by atoms with E-state index in [1.807, 2.05) is 60.7 Å². The highest BCUT2D eigenvalue weighted by Gasteiger charge is 2.52. The molecule has 1 amide bonds. The fraction of sp³-hybridized carbons (Fsp3) is 0.280. The van der Waals surface area contributed by atoms with Crippen LogP contribution in [-0.2, 0) is 21.4 Å². The number of benzene rings is 2. The third-order valence-electron chi connectivity index (χ3n) is 6.04. The van der Waals surface area contributed by atoms with Crippen LogP contribution in [0.5, 0.6) is 0 Å². The van der Waals surface area contributed by atoms with Gasteiger partial charge in [0.1, 0.15) is 16.8 Å². The summed E-state index contributed by atoms with van der Waals surface area (Å²) in [6.07, 6.45) is 1.80. The van der Waals surface area contributed by atoms with Crippen molar-refractivity contribution >= 4 is 64.7 Å². The standard InChI is InChI=1S/C25H23ClN6O3S3/c1-31-25(27-29-30-31)38-14-17-13-37-23-19(28-36-2)22(33)32(23)20(17)24(34)35-21(26)18(15-9-5-3-6-10-15)16-11-7-4-8-12-16/h3-12,18,21,23H,13-14H2,1-2H3/b28-19+. The molecule has 1 aromatic heterocycles. The Morgan fingerprint density at radius 1 is 1.18 bits per heavy atom. The van der Waals surface area contributed by atoms with E-state index in [1.165, 1.54) is 28.6 Å². The largest absolute Gasteiger partial charge is 0.440 e. The number of esters is 1. The van der Waals surface area contributed by atoms with Crippen molar-refractivity contribution in [2.75, 3.05) is 17.8 Å². The smallest absolute Gasteiger partial charge is 0.356 e. The van der Waals surface area contributed by atoms with Crippen LogP contribution in [-0.4, -0.2) is 71.4 Å². The predicted molar refractivity (Wildman–Crippen MR) is 151 cm³/mol. The maximum absolute atomic E-state index is 13.7. The Labute approximate surface area is 237 Å². The molecule has 9 nitrogen and oxygen atoms in total. The summed E-state index contributed by atoms with van der Waals surface area (Å²) in [7, 11) is 1.74. The van der Waals surface area contributed by atoms with Crippen LogP contribution in [0.15, 0.2) is 81.5 Å². The van der Waals surface area contributed by atoms with Gasteiger partial charge in [0.05, 0.1) is 5.92 Å². The van der Waals surface area contributed by atoms with E-state index >= 15 is 0 Å². The Hall–Kier alpha value is -2.80. The quantitative estimate of drug-likeness (QED) is 0.120. The number of thioether (sulfide) groups is 2. The molecule has 2 aromatic carbocycles. The van der Waals surface area contributed by atoms with Gasteiger partial charge in [-0.1, -0.05) is 84.0 Å².